The number of furan rings is 1. The number of nitrogens with one attached hydrogen (secondary N) is 1. The number of para-hydroxylation sites is 4. The van der Waals surface area contributed by atoms with Gasteiger partial charge in [0, 0.05) is 49.5 Å². The maximum atomic E-state index is 6.42. The second kappa shape index (κ2) is 11.6. The van der Waals surface area contributed by atoms with Gasteiger partial charge < -0.3 is 19.0 Å². The Morgan fingerprint density at radius 2 is 1.25 bits per heavy atom. The average molecular weight is 684 g/mol. The molecule has 4 heterocycles. The molecule has 0 saturated heterocycles. The maximum absolute atomic E-state index is 6.42. The van der Waals surface area contributed by atoms with Crippen molar-refractivity contribution in [2.24, 2.45) is 0 Å². The molecule has 7 aromatic carbocycles. The smallest absolute Gasteiger partial charge is 0.196 e. The Balaban J connectivity index is 1.11. The second-order valence-electron chi connectivity index (χ2n) is 13.3. The topological polar surface area (TPSA) is 78.0 Å². The molecule has 1 aliphatic heterocycles. The summed E-state index contributed by atoms with van der Waals surface area (Å²) in [7, 11) is 0. The highest BCUT2D eigenvalue weighted by molar-refractivity contribution is 6.12. The minimum Gasteiger partial charge on any atom is -0.464 e. The Kier molecular flexibility index (Phi) is 6.48. The summed E-state index contributed by atoms with van der Waals surface area (Å²) < 4.78 is 15.0. The van der Waals surface area contributed by atoms with Crippen LogP contribution >= 0.6 is 0 Å². The molecule has 0 amide bonds. The van der Waals surface area contributed by atoms with Crippen LogP contribution in [0, 0.1) is 0 Å². The Morgan fingerprint density at radius 3 is 2.11 bits per heavy atom. The highest BCUT2D eigenvalue weighted by Gasteiger charge is 2.25. The minimum atomic E-state index is -0.316. The molecule has 1 aliphatic rings. The van der Waals surface area contributed by atoms with Gasteiger partial charge in [-0.3, -0.25) is 0 Å². The Bertz CT molecular complexity index is 3000. The lowest BCUT2D eigenvalue weighted by molar-refractivity contribution is 0.260. The third-order valence-electron chi connectivity index (χ3n) is 10.1. The Labute approximate surface area is 303 Å². The summed E-state index contributed by atoms with van der Waals surface area (Å²) in [6.07, 6.45) is -0.316. The molecule has 0 spiro atoms. The molecular formula is C46H29N5O2. The van der Waals surface area contributed by atoms with Crippen LogP contribution in [0.3, 0.4) is 0 Å². The van der Waals surface area contributed by atoms with Crippen molar-refractivity contribution in [2.75, 3.05) is 5.32 Å². The quantitative estimate of drug-likeness (QED) is 0.195. The van der Waals surface area contributed by atoms with Gasteiger partial charge in [-0.05, 0) is 60.7 Å². The van der Waals surface area contributed by atoms with E-state index in [1.807, 2.05) is 84.9 Å². The van der Waals surface area contributed by atoms with Crippen molar-refractivity contribution < 1.29 is 9.15 Å². The summed E-state index contributed by atoms with van der Waals surface area (Å²) in [4.78, 5) is 15.4. The SMILES string of the molecule is c1ccc(-c2nc(-c3ccc4c5ccccc5n(-c5ccccc5)c4c3)nc(-c3cccc4oc5ccc(C6Nc7ccccc7O6)cc5c34)n2)cc1. The van der Waals surface area contributed by atoms with Gasteiger partial charge in [0.15, 0.2) is 23.7 Å². The van der Waals surface area contributed by atoms with Crippen LogP contribution in [-0.4, -0.2) is 19.5 Å². The van der Waals surface area contributed by atoms with Crippen LogP contribution in [0.1, 0.15) is 11.8 Å². The molecule has 0 fully saturated rings. The summed E-state index contributed by atoms with van der Waals surface area (Å²) in [5.41, 5.74) is 9.50. The molecular weight excluding hydrogens is 655 g/mol. The van der Waals surface area contributed by atoms with Gasteiger partial charge in [0.25, 0.3) is 0 Å². The number of aromatic nitrogens is 4. The van der Waals surface area contributed by atoms with Crippen molar-refractivity contribution in [3.63, 3.8) is 0 Å². The standard InChI is InChI=1S/C46H29N5O2/c1-3-12-28(13-4-1)43-48-44(29-22-24-33-32-16-7-9-19-37(32)51(38(33)27-29)31-14-5-2-6-15-31)50-45(49-43)34-17-11-21-41-42(34)35-26-30(23-25-39(35)52-41)46-47-36-18-8-10-20-40(36)53-46/h1-27,46-47H. The molecule has 7 nitrogen and oxygen atoms in total. The first-order chi connectivity index (χ1) is 26.2. The summed E-state index contributed by atoms with van der Waals surface area (Å²) in [5, 5.41) is 7.77. The molecule has 0 aliphatic carbocycles. The molecule has 10 aromatic rings. The molecule has 1 unspecified atom stereocenters. The fraction of sp³-hybridized carbons (Fsp3) is 0.0217. The first-order valence-electron chi connectivity index (χ1n) is 17.6. The van der Waals surface area contributed by atoms with E-state index >= 15 is 0 Å². The van der Waals surface area contributed by atoms with E-state index in [1.165, 1.54) is 10.8 Å². The minimum absolute atomic E-state index is 0.316. The monoisotopic (exact) mass is 683 g/mol. The van der Waals surface area contributed by atoms with Crippen LogP contribution in [0.5, 0.6) is 5.75 Å². The number of hydrogen-bond donors (Lipinski definition) is 1. The van der Waals surface area contributed by atoms with E-state index in [0.717, 1.165) is 72.3 Å². The van der Waals surface area contributed by atoms with Gasteiger partial charge in [-0.15, -0.1) is 0 Å². The van der Waals surface area contributed by atoms with Crippen molar-refractivity contribution in [3.8, 4) is 45.6 Å². The zero-order valence-corrected chi connectivity index (χ0v) is 28.3. The van der Waals surface area contributed by atoms with Gasteiger partial charge in [-0.1, -0.05) is 103 Å². The molecule has 0 saturated carbocycles. The molecule has 7 heteroatoms. The lowest BCUT2D eigenvalue weighted by atomic mass is 10.0. The van der Waals surface area contributed by atoms with Crippen LogP contribution in [-0.2, 0) is 0 Å². The van der Waals surface area contributed by atoms with Gasteiger partial charge in [-0.25, -0.2) is 15.0 Å². The first kappa shape index (κ1) is 29.5. The van der Waals surface area contributed by atoms with Crippen LogP contribution in [0.25, 0.3) is 83.6 Å². The largest absolute Gasteiger partial charge is 0.464 e. The zero-order valence-electron chi connectivity index (χ0n) is 28.3. The van der Waals surface area contributed by atoms with Crippen molar-refractivity contribution in [1.82, 2.24) is 19.5 Å². The molecule has 0 bridgehead atoms. The average Bonchev–Trinajstić information content (AvgIpc) is 3.93. The number of anilines is 1. The van der Waals surface area contributed by atoms with Crippen LogP contribution < -0.4 is 10.1 Å². The predicted molar refractivity (Wildman–Crippen MR) is 211 cm³/mol. The van der Waals surface area contributed by atoms with Crippen molar-refractivity contribution in [3.05, 3.63) is 169 Å². The lowest BCUT2D eigenvalue weighted by Crippen LogP contribution is -2.09. The van der Waals surface area contributed by atoms with E-state index in [4.69, 9.17) is 24.1 Å². The van der Waals surface area contributed by atoms with E-state index in [9.17, 15) is 0 Å². The third kappa shape index (κ3) is 4.78. The van der Waals surface area contributed by atoms with E-state index in [2.05, 4.69) is 88.7 Å². The fourth-order valence-electron chi connectivity index (χ4n) is 7.64. The van der Waals surface area contributed by atoms with Crippen molar-refractivity contribution in [1.29, 1.82) is 0 Å². The van der Waals surface area contributed by atoms with E-state index in [1.54, 1.807) is 0 Å². The van der Waals surface area contributed by atoms with Gasteiger partial charge >= 0.3 is 0 Å². The number of rotatable bonds is 5. The van der Waals surface area contributed by atoms with Crippen molar-refractivity contribution >= 4 is 49.4 Å². The molecule has 1 atom stereocenters. The van der Waals surface area contributed by atoms with Gasteiger partial charge in [0.05, 0.1) is 16.7 Å². The van der Waals surface area contributed by atoms with Crippen LogP contribution in [0.2, 0.25) is 0 Å². The molecule has 250 valence electrons. The summed E-state index contributed by atoms with van der Waals surface area (Å²) >= 11 is 0. The number of hydrogen-bond acceptors (Lipinski definition) is 6. The van der Waals surface area contributed by atoms with E-state index < -0.39 is 0 Å². The first-order valence-corrected chi connectivity index (χ1v) is 17.6. The number of benzene rings is 7. The summed E-state index contributed by atoms with van der Waals surface area (Å²) in [5.74, 6) is 2.59. The second-order valence-corrected chi connectivity index (χ2v) is 13.3. The lowest BCUT2D eigenvalue weighted by Gasteiger charge is -2.12. The van der Waals surface area contributed by atoms with Crippen molar-refractivity contribution in [2.45, 2.75) is 6.23 Å². The van der Waals surface area contributed by atoms with E-state index in [0.29, 0.717) is 17.5 Å². The fourth-order valence-corrected chi connectivity index (χ4v) is 7.64. The number of nitrogens with zero attached hydrogens (tertiary/aromatic N) is 4. The molecule has 1 N–H and O–H groups in total. The van der Waals surface area contributed by atoms with Crippen LogP contribution in [0.4, 0.5) is 5.69 Å². The Morgan fingerprint density at radius 1 is 0.509 bits per heavy atom. The Hall–Kier alpha value is -7.25. The molecule has 0 radical (unpaired) electrons. The maximum Gasteiger partial charge on any atom is 0.196 e. The highest BCUT2D eigenvalue weighted by atomic mass is 16.5. The number of ether oxygens (including phenoxy) is 1. The normalized spacial score (nSPS) is 13.8. The number of fused-ring (bicyclic) bond motifs is 7. The molecule has 3 aromatic heterocycles. The zero-order chi connectivity index (χ0) is 34.9. The highest BCUT2D eigenvalue weighted by Crippen LogP contribution is 2.42. The van der Waals surface area contributed by atoms with Gasteiger partial charge in [0.2, 0.25) is 0 Å². The van der Waals surface area contributed by atoms with Gasteiger partial charge in [0.1, 0.15) is 16.9 Å². The summed E-state index contributed by atoms with van der Waals surface area (Å²) in [6, 6.07) is 55.8. The predicted octanol–water partition coefficient (Wildman–Crippen LogP) is 11.4. The van der Waals surface area contributed by atoms with Gasteiger partial charge in [-0.2, -0.15) is 0 Å². The van der Waals surface area contributed by atoms with Crippen LogP contribution in [0.15, 0.2) is 168 Å². The summed E-state index contributed by atoms with van der Waals surface area (Å²) in [6.45, 7) is 0. The third-order valence-corrected chi connectivity index (χ3v) is 10.1. The molecule has 53 heavy (non-hydrogen) atoms. The molecule has 11 rings (SSSR count). The van der Waals surface area contributed by atoms with E-state index in [-0.39, 0.29) is 6.23 Å².